The summed E-state index contributed by atoms with van der Waals surface area (Å²) in [4.78, 5) is 16.9. The van der Waals surface area contributed by atoms with Gasteiger partial charge < -0.3 is 24.4 Å². The summed E-state index contributed by atoms with van der Waals surface area (Å²) in [5, 5.41) is 10.4. The van der Waals surface area contributed by atoms with Crippen molar-refractivity contribution < 1.29 is 18.7 Å². The third-order valence-corrected chi connectivity index (χ3v) is 17.5. The third kappa shape index (κ3) is 4.69. The van der Waals surface area contributed by atoms with E-state index in [2.05, 4.69) is 31.2 Å². The van der Waals surface area contributed by atoms with Gasteiger partial charge in [0.1, 0.15) is 24.1 Å². The van der Waals surface area contributed by atoms with Crippen LogP contribution in [0.15, 0.2) is 17.1 Å². The Labute approximate surface area is 222 Å². The number of nitrogens with two attached hydrogens (primary N) is 1. The van der Waals surface area contributed by atoms with Crippen LogP contribution >= 0.6 is 0 Å². The van der Waals surface area contributed by atoms with E-state index in [1.165, 1.54) is 55.9 Å². The largest absolute Gasteiger partial charge is 0.409 e. The number of aliphatic hydroxyl groups excluding tert-OH is 1. The molecule has 1 saturated heterocycles. The number of aromatic nitrogens is 2. The highest BCUT2D eigenvalue weighted by molar-refractivity contribution is 6.73. The lowest BCUT2D eigenvalue weighted by molar-refractivity contribution is -0.0527. The molecule has 4 bridgehead atoms. The highest BCUT2D eigenvalue weighted by Crippen LogP contribution is 2.58. The molecule has 206 valence electrons. The Bertz CT molecular complexity index is 1070. The van der Waals surface area contributed by atoms with Gasteiger partial charge in [0.05, 0.1) is 6.61 Å². The minimum atomic E-state index is -2.18. The predicted octanol–water partition coefficient (Wildman–Crippen LogP) is 4.28. The summed E-state index contributed by atoms with van der Waals surface area (Å²) in [6, 6.07) is 1.62. The molecule has 10 heteroatoms. The minimum Gasteiger partial charge on any atom is -0.409 e. The number of fused-ring (bicyclic) bond motifs is 4. The zero-order chi connectivity index (χ0) is 26.1. The van der Waals surface area contributed by atoms with Gasteiger partial charge in [-0.1, -0.05) is 25.7 Å². The van der Waals surface area contributed by atoms with Crippen LogP contribution in [0.5, 0.6) is 0 Å². The molecule has 4 aliphatic carbocycles. The van der Waals surface area contributed by atoms with Crippen molar-refractivity contribution in [2.75, 3.05) is 12.3 Å². The molecule has 6 rings (SSSR count). The summed E-state index contributed by atoms with van der Waals surface area (Å²) in [7, 11) is -4.32. The van der Waals surface area contributed by atoms with Crippen LogP contribution in [0.2, 0.25) is 37.3 Å². The summed E-state index contributed by atoms with van der Waals surface area (Å²) in [6.45, 7) is 9.18. The molecule has 10 unspecified atom stereocenters. The topological polar surface area (TPSA) is 109 Å². The van der Waals surface area contributed by atoms with Gasteiger partial charge >= 0.3 is 5.69 Å². The van der Waals surface area contributed by atoms with Crippen molar-refractivity contribution in [1.29, 1.82) is 0 Å². The number of nitrogens with zero attached hydrogens (tertiary/aromatic N) is 2. The fourth-order valence-corrected chi connectivity index (χ4v) is 16.0. The molecule has 4 saturated carbocycles. The van der Waals surface area contributed by atoms with Crippen molar-refractivity contribution >= 4 is 22.5 Å². The van der Waals surface area contributed by atoms with Crippen molar-refractivity contribution in [3.05, 3.63) is 22.7 Å². The molecule has 1 aromatic heterocycles. The van der Waals surface area contributed by atoms with E-state index in [-0.39, 0.29) is 12.4 Å². The van der Waals surface area contributed by atoms with Gasteiger partial charge in [-0.3, -0.25) is 4.57 Å². The van der Waals surface area contributed by atoms with Gasteiger partial charge in [-0.25, -0.2) is 4.79 Å². The molecule has 0 aromatic carbocycles. The van der Waals surface area contributed by atoms with Gasteiger partial charge in [0.25, 0.3) is 0 Å². The van der Waals surface area contributed by atoms with Crippen LogP contribution in [-0.2, 0) is 13.6 Å². The Morgan fingerprint density at radius 1 is 0.973 bits per heavy atom. The van der Waals surface area contributed by atoms with Crippen molar-refractivity contribution in [3.8, 4) is 0 Å². The quantitative estimate of drug-likeness (QED) is 0.468. The summed E-state index contributed by atoms with van der Waals surface area (Å²) >= 11 is 0. The summed E-state index contributed by atoms with van der Waals surface area (Å²) in [6.07, 6.45) is 10.1. The second-order valence-corrected chi connectivity index (χ2v) is 22.1. The van der Waals surface area contributed by atoms with E-state index in [9.17, 15) is 9.90 Å². The number of hydrogen-bond donors (Lipinski definition) is 2. The molecular formula is C27H45N3O5Si2. The molecular weight excluding hydrogens is 502 g/mol. The van der Waals surface area contributed by atoms with Gasteiger partial charge in [-0.15, -0.1) is 0 Å². The van der Waals surface area contributed by atoms with E-state index in [1.807, 2.05) is 0 Å². The maximum atomic E-state index is 12.9. The maximum Gasteiger partial charge on any atom is 0.351 e. The number of anilines is 1. The van der Waals surface area contributed by atoms with Gasteiger partial charge in [0, 0.05) is 6.20 Å². The number of rotatable bonds is 8. The highest BCUT2D eigenvalue weighted by Gasteiger charge is 2.57. The molecule has 5 aliphatic rings. The van der Waals surface area contributed by atoms with Crippen LogP contribution in [0.1, 0.15) is 57.6 Å². The maximum absolute atomic E-state index is 12.9. The zero-order valence-corrected chi connectivity index (χ0v) is 24.8. The first-order valence-electron chi connectivity index (χ1n) is 14.5. The SMILES string of the molecule is C[Si](C)(OC1C(CO)OC(n2ccc(N)nc2=O)C1O[Si](C)(C)C1CC2CCC1C2)C1CC2CCC1C2. The minimum absolute atomic E-state index is 0.171. The smallest absolute Gasteiger partial charge is 0.351 e. The molecule has 2 heterocycles. The number of nitrogen functional groups attached to an aromatic ring is 1. The normalized spacial score (nSPS) is 41.2. The van der Waals surface area contributed by atoms with Gasteiger partial charge in [0.15, 0.2) is 22.9 Å². The summed E-state index contributed by atoms with van der Waals surface area (Å²) < 4.78 is 22.2. The predicted molar refractivity (Wildman–Crippen MR) is 147 cm³/mol. The van der Waals surface area contributed by atoms with E-state index in [0.717, 1.165) is 23.7 Å². The van der Waals surface area contributed by atoms with Gasteiger partial charge in [-0.2, -0.15) is 4.98 Å². The van der Waals surface area contributed by atoms with E-state index in [4.69, 9.17) is 19.3 Å². The average Bonchev–Trinajstić information content (AvgIpc) is 3.67. The highest BCUT2D eigenvalue weighted by atomic mass is 28.4. The lowest BCUT2D eigenvalue weighted by Gasteiger charge is -2.42. The Morgan fingerprint density at radius 2 is 1.54 bits per heavy atom. The fourth-order valence-electron chi connectivity index (χ4n) is 9.03. The number of aliphatic hydroxyl groups is 1. The number of hydrogen-bond acceptors (Lipinski definition) is 7. The lowest BCUT2D eigenvalue weighted by Crippen LogP contribution is -2.53. The van der Waals surface area contributed by atoms with Crippen LogP contribution in [0.4, 0.5) is 5.82 Å². The second-order valence-electron chi connectivity index (χ2n) is 13.7. The second kappa shape index (κ2) is 9.55. The van der Waals surface area contributed by atoms with Crippen LogP contribution in [0.25, 0.3) is 0 Å². The first-order chi connectivity index (χ1) is 17.6. The first-order valence-corrected chi connectivity index (χ1v) is 20.5. The molecule has 37 heavy (non-hydrogen) atoms. The van der Waals surface area contributed by atoms with E-state index in [0.29, 0.717) is 11.1 Å². The van der Waals surface area contributed by atoms with E-state index in [1.54, 1.807) is 12.3 Å². The first kappa shape index (κ1) is 26.2. The molecule has 1 aliphatic heterocycles. The Morgan fingerprint density at radius 3 is 2.00 bits per heavy atom. The van der Waals surface area contributed by atoms with E-state index >= 15 is 0 Å². The van der Waals surface area contributed by atoms with Crippen molar-refractivity contribution in [2.45, 2.75) is 113 Å². The third-order valence-electron chi connectivity index (χ3n) is 10.7. The van der Waals surface area contributed by atoms with Crippen LogP contribution in [-0.4, -0.2) is 56.2 Å². The van der Waals surface area contributed by atoms with Crippen molar-refractivity contribution in [2.24, 2.45) is 23.7 Å². The Hall–Kier alpha value is -1.05. The van der Waals surface area contributed by atoms with Gasteiger partial charge in [-0.05, 0) is 92.7 Å². The molecule has 0 spiro atoms. The number of ether oxygens (including phenoxy) is 1. The molecule has 5 fully saturated rings. The molecule has 10 atom stereocenters. The lowest BCUT2D eigenvalue weighted by atomic mass is 10.0. The van der Waals surface area contributed by atoms with Crippen LogP contribution < -0.4 is 11.4 Å². The van der Waals surface area contributed by atoms with Crippen molar-refractivity contribution in [3.63, 3.8) is 0 Å². The fraction of sp³-hybridized carbons (Fsp3) is 0.852. The van der Waals surface area contributed by atoms with E-state index < -0.39 is 46.9 Å². The molecule has 0 radical (unpaired) electrons. The van der Waals surface area contributed by atoms with Crippen LogP contribution in [0.3, 0.4) is 0 Å². The molecule has 8 nitrogen and oxygen atoms in total. The Kier molecular flexibility index (Phi) is 6.76. The standard InChI is InChI=1S/C27H45N3O5Si2/c1-36(2,21-13-16-5-7-18(21)11-16)34-24-20(15-31)33-26(30-10-9-23(28)29-27(30)32)25(24)35-37(3,4)22-14-17-6-8-19(22)12-17/h9-10,16-22,24-26,31H,5-8,11-15H2,1-4H3,(H2,28,29,32). The summed E-state index contributed by atoms with van der Waals surface area (Å²) in [5.41, 5.74) is 6.57. The average molecular weight is 548 g/mol. The monoisotopic (exact) mass is 547 g/mol. The molecule has 1 aromatic rings. The Balaban J connectivity index is 1.32. The van der Waals surface area contributed by atoms with Gasteiger partial charge in [0.2, 0.25) is 0 Å². The molecule has 0 amide bonds. The van der Waals surface area contributed by atoms with Crippen molar-refractivity contribution in [1.82, 2.24) is 9.55 Å². The molecule has 3 N–H and O–H groups in total. The van der Waals surface area contributed by atoms with Crippen LogP contribution in [0, 0.1) is 23.7 Å². The zero-order valence-electron chi connectivity index (χ0n) is 22.8. The summed E-state index contributed by atoms with van der Waals surface area (Å²) in [5.74, 6) is 3.39.